The first kappa shape index (κ1) is 16.8. The van der Waals surface area contributed by atoms with Crippen LogP contribution < -0.4 is 10.1 Å². The summed E-state index contributed by atoms with van der Waals surface area (Å²) in [6.07, 6.45) is 0.985. The Hall–Kier alpha value is -1.59. The molecule has 1 aromatic carbocycles. The molecule has 0 unspecified atom stereocenters. The van der Waals surface area contributed by atoms with E-state index < -0.39 is 0 Å². The minimum Gasteiger partial charge on any atom is -0.496 e. The first-order valence-corrected chi connectivity index (χ1v) is 8.06. The Kier molecular flexibility index (Phi) is 6.68. The van der Waals surface area contributed by atoms with Gasteiger partial charge in [0, 0.05) is 44.8 Å². The molecule has 1 heterocycles. The summed E-state index contributed by atoms with van der Waals surface area (Å²) in [5.41, 5.74) is 1.22. The van der Waals surface area contributed by atoms with E-state index in [1.54, 1.807) is 7.11 Å². The van der Waals surface area contributed by atoms with E-state index in [1.807, 2.05) is 18.2 Å². The lowest BCUT2D eigenvalue weighted by Crippen LogP contribution is -2.49. The molecule has 1 aromatic rings. The van der Waals surface area contributed by atoms with Gasteiger partial charge in [0.15, 0.2) is 0 Å². The summed E-state index contributed by atoms with van der Waals surface area (Å²) in [6, 6.07) is 8.16. The highest BCUT2D eigenvalue weighted by Crippen LogP contribution is 2.19. The lowest BCUT2D eigenvalue weighted by Gasteiger charge is -2.34. The van der Waals surface area contributed by atoms with Gasteiger partial charge in [-0.3, -0.25) is 14.6 Å². The molecule has 1 saturated heterocycles. The number of ether oxygens (including phenoxy) is 1. The third-order valence-corrected chi connectivity index (χ3v) is 3.99. The van der Waals surface area contributed by atoms with Crippen molar-refractivity contribution in [1.29, 1.82) is 0 Å². The molecule has 5 heteroatoms. The number of para-hydroxylation sites is 1. The molecule has 0 atom stereocenters. The summed E-state index contributed by atoms with van der Waals surface area (Å²) in [5.74, 6) is 1.09. The maximum atomic E-state index is 11.7. The van der Waals surface area contributed by atoms with Crippen LogP contribution in [0.2, 0.25) is 0 Å². The topological polar surface area (TPSA) is 44.8 Å². The Morgan fingerprint density at radius 3 is 2.55 bits per heavy atom. The first-order chi connectivity index (χ1) is 10.7. The molecule has 0 spiro atoms. The van der Waals surface area contributed by atoms with Crippen LogP contribution in [-0.4, -0.2) is 62.1 Å². The first-order valence-electron chi connectivity index (χ1n) is 8.06. The molecule has 0 radical (unpaired) electrons. The van der Waals surface area contributed by atoms with Crippen LogP contribution in [0.3, 0.4) is 0 Å². The molecule has 0 bridgehead atoms. The van der Waals surface area contributed by atoms with Crippen LogP contribution in [0, 0.1) is 0 Å². The quantitative estimate of drug-likeness (QED) is 0.826. The molecule has 122 valence electrons. The van der Waals surface area contributed by atoms with Crippen molar-refractivity contribution in [3.63, 3.8) is 0 Å². The van der Waals surface area contributed by atoms with Crippen LogP contribution in [0.4, 0.5) is 0 Å². The van der Waals surface area contributed by atoms with Crippen molar-refractivity contribution in [2.45, 2.75) is 19.9 Å². The van der Waals surface area contributed by atoms with Crippen molar-refractivity contribution in [1.82, 2.24) is 15.1 Å². The number of methoxy groups -OCH3 is 1. The van der Waals surface area contributed by atoms with Gasteiger partial charge in [0.2, 0.25) is 5.91 Å². The summed E-state index contributed by atoms with van der Waals surface area (Å²) >= 11 is 0. The molecule has 1 aliphatic rings. The second-order valence-electron chi connectivity index (χ2n) is 5.71. The van der Waals surface area contributed by atoms with Gasteiger partial charge in [-0.1, -0.05) is 25.1 Å². The number of hydrogen-bond acceptors (Lipinski definition) is 4. The molecule has 2 rings (SSSR count). The molecular formula is C17H27N3O2. The van der Waals surface area contributed by atoms with E-state index in [1.165, 1.54) is 5.56 Å². The predicted molar refractivity (Wildman–Crippen MR) is 88.0 cm³/mol. The number of rotatable bonds is 7. The van der Waals surface area contributed by atoms with Crippen LogP contribution in [0.5, 0.6) is 5.75 Å². The molecule has 1 amide bonds. The number of amides is 1. The zero-order chi connectivity index (χ0) is 15.8. The van der Waals surface area contributed by atoms with Gasteiger partial charge in [-0.05, 0) is 12.5 Å². The fourth-order valence-corrected chi connectivity index (χ4v) is 2.70. The third kappa shape index (κ3) is 5.00. The van der Waals surface area contributed by atoms with Gasteiger partial charge in [0.05, 0.1) is 13.7 Å². The zero-order valence-electron chi connectivity index (χ0n) is 13.7. The van der Waals surface area contributed by atoms with Crippen LogP contribution in [0.15, 0.2) is 24.3 Å². The van der Waals surface area contributed by atoms with Gasteiger partial charge >= 0.3 is 0 Å². The fraction of sp³-hybridized carbons (Fsp3) is 0.588. The van der Waals surface area contributed by atoms with Gasteiger partial charge in [-0.25, -0.2) is 0 Å². The van der Waals surface area contributed by atoms with Crippen LogP contribution in [-0.2, 0) is 11.3 Å². The Balaban J connectivity index is 1.76. The Morgan fingerprint density at radius 2 is 1.86 bits per heavy atom. The number of benzene rings is 1. The minimum atomic E-state index is 0.139. The lowest BCUT2D eigenvalue weighted by atomic mass is 10.1. The van der Waals surface area contributed by atoms with Crippen molar-refractivity contribution in [2.24, 2.45) is 0 Å². The SMILES string of the molecule is CCCNC(=O)CN1CCN(Cc2ccccc2OC)CC1. The molecule has 0 aliphatic carbocycles. The normalized spacial score (nSPS) is 16.5. The Bertz CT molecular complexity index is 471. The summed E-state index contributed by atoms with van der Waals surface area (Å²) in [4.78, 5) is 16.4. The van der Waals surface area contributed by atoms with E-state index in [9.17, 15) is 4.79 Å². The molecule has 0 saturated carbocycles. The van der Waals surface area contributed by atoms with Crippen LogP contribution >= 0.6 is 0 Å². The Labute approximate surface area is 133 Å². The second kappa shape index (κ2) is 8.76. The summed E-state index contributed by atoms with van der Waals surface area (Å²) < 4.78 is 5.41. The molecule has 1 fully saturated rings. The predicted octanol–water partition coefficient (Wildman–Crippen LogP) is 1.34. The second-order valence-corrected chi connectivity index (χ2v) is 5.71. The van der Waals surface area contributed by atoms with Gasteiger partial charge in [-0.15, -0.1) is 0 Å². The molecule has 22 heavy (non-hydrogen) atoms. The maximum absolute atomic E-state index is 11.7. The number of nitrogens with zero attached hydrogens (tertiary/aromatic N) is 2. The average Bonchev–Trinajstić information content (AvgIpc) is 2.55. The van der Waals surface area contributed by atoms with Gasteiger partial charge in [-0.2, -0.15) is 0 Å². The van der Waals surface area contributed by atoms with E-state index in [0.717, 1.165) is 51.4 Å². The van der Waals surface area contributed by atoms with Gasteiger partial charge < -0.3 is 10.1 Å². The average molecular weight is 305 g/mol. The summed E-state index contributed by atoms with van der Waals surface area (Å²) in [7, 11) is 1.71. The lowest BCUT2D eigenvalue weighted by molar-refractivity contribution is -0.122. The number of nitrogens with one attached hydrogen (secondary N) is 1. The highest BCUT2D eigenvalue weighted by molar-refractivity contribution is 5.77. The molecule has 0 aromatic heterocycles. The summed E-state index contributed by atoms with van der Waals surface area (Å²) in [6.45, 7) is 8.10. The van der Waals surface area contributed by atoms with Crippen molar-refractivity contribution >= 4 is 5.91 Å². The molecule has 5 nitrogen and oxygen atoms in total. The van der Waals surface area contributed by atoms with Crippen molar-refractivity contribution in [3.05, 3.63) is 29.8 Å². The standard InChI is InChI=1S/C17H27N3O2/c1-3-8-18-17(21)14-20-11-9-19(10-12-20)13-15-6-4-5-7-16(15)22-2/h4-7H,3,8-14H2,1-2H3,(H,18,21). The maximum Gasteiger partial charge on any atom is 0.234 e. The number of carbonyl (C=O) groups is 1. The minimum absolute atomic E-state index is 0.139. The number of hydrogen-bond donors (Lipinski definition) is 1. The van der Waals surface area contributed by atoms with E-state index in [2.05, 4.69) is 28.1 Å². The van der Waals surface area contributed by atoms with Crippen LogP contribution in [0.25, 0.3) is 0 Å². The summed E-state index contributed by atoms with van der Waals surface area (Å²) in [5, 5.41) is 2.94. The zero-order valence-corrected chi connectivity index (χ0v) is 13.7. The molecular weight excluding hydrogens is 278 g/mol. The van der Waals surface area contributed by atoms with Gasteiger partial charge in [0.25, 0.3) is 0 Å². The molecule has 1 N–H and O–H groups in total. The van der Waals surface area contributed by atoms with E-state index in [-0.39, 0.29) is 5.91 Å². The van der Waals surface area contributed by atoms with Crippen molar-refractivity contribution < 1.29 is 9.53 Å². The van der Waals surface area contributed by atoms with E-state index in [0.29, 0.717) is 6.54 Å². The largest absolute Gasteiger partial charge is 0.496 e. The smallest absolute Gasteiger partial charge is 0.234 e. The Morgan fingerprint density at radius 1 is 1.18 bits per heavy atom. The van der Waals surface area contributed by atoms with Gasteiger partial charge in [0.1, 0.15) is 5.75 Å². The number of piperazine rings is 1. The third-order valence-electron chi connectivity index (χ3n) is 3.99. The van der Waals surface area contributed by atoms with E-state index in [4.69, 9.17) is 4.74 Å². The van der Waals surface area contributed by atoms with E-state index >= 15 is 0 Å². The highest BCUT2D eigenvalue weighted by atomic mass is 16.5. The highest BCUT2D eigenvalue weighted by Gasteiger charge is 2.19. The fourth-order valence-electron chi connectivity index (χ4n) is 2.70. The van der Waals surface area contributed by atoms with Crippen molar-refractivity contribution in [2.75, 3.05) is 46.4 Å². The monoisotopic (exact) mass is 305 g/mol. The number of carbonyl (C=O) groups excluding carboxylic acids is 1. The van der Waals surface area contributed by atoms with Crippen LogP contribution in [0.1, 0.15) is 18.9 Å². The molecule has 1 aliphatic heterocycles. The van der Waals surface area contributed by atoms with Crippen molar-refractivity contribution in [3.8, 4) is 5.75 Å².